The fourth-order valence-electron chi connectivity index (χ4n) is 15.8. The second kappa shape index (κ2) is 25.0. The summed E-state index contributed by atoms with van der Waals surface area (Å²) in [6.45, 7) is 9.72. The summed E-state index contributed by atoms with van der Waals surface area (Å²) in [7, 11) is 0. The standard InChI is InChI=1S/C56H90O26/c1-20-30(10-8-25(59)19-72-50-42(67)40(65)37(62)32(17-57)78-50)77-31-16-29-27-9-7-24-15-26(11-13-55(24,5)28(27)12-14-56(29,6)34(20)31)76-54-49(82-52-44(69)39(64)36(61)22(3)74-52)46(71)48(33(18-58)79-54)81-53-45(70)41(66)47(23(4)75-53)80-51-43(68)38(63)35(60)21(2)73-51/h7,21-23,25-29,31-54,57-71H,8-19H2,1-6H3/t21-,22-,23-,25+,26-,27+,28-,29-,31-,32+,33+,34-,35-,36-,37+,38+,39+,40-,41-,42+,43+,44+,45+,46-,47-,48+,49+,50+,51-,52-,53-,54+,55-,56-/m0/s1. The summed E-state index contributed by atoms with van der Waals surface area (Å²) in [5.41, 5.74) is 2.25. The molecule has 3 saturated carbocycles. The number of aliphatic hydroxyl groups is 15. The van der Waals surface area contributed by atoms with Crippen LogP contribution in [0.5, 0.6) is 0 Å². The van der Waals surface area contributed by atoms with E-state index < -0.39 is 179 Å². The highest BCUT2D eigenvalue weighted by atomic mass is 16.8. The van der Waals surface area contributed by atoms with Crippen LogP contribution >= 0.6 is 0 Å². The maximum Gasteiger partial charge on any atom is 0.187 e. The SMILES string of the molecule is CC1=C(CC[C@@H](O)CO[C@@H]2O[C@H](CO)[C@@H](O)[C@H](O)[C@H]2O)O[C@H]2C[C@H]3[C@@H]4CC=C5C[C@@H](O[C@@H]6O[C@H](CO)[C@@H](O[C@@H]7O[C@@H](C)[C@H](O[C@@H]8O[C@@H](C)[C@H](O)[C@@H](O)[C@H]8O)[C@@H](O)[C@H]7O)[C@H](O)[C@H]6O[C@@H]6O[C@@H](C)[C@H](O)[C@@H](O)[C@H]6O)CC[C@]5(C)[C@H]4CC[C@]3(C)[C@@H]12. The Labute approximate surface area is 476 Å². The molecule has 0 radical (unpaired) electrons. The van der Waals surface area contributed by atoms with Gasteiger partial charge >= 0.3 is 0 Å². The number of hydrogen-bond acceptors (Lipinski definition) is 26. The molecule has 0 aromatic rings. The Hall–Kier alpha value is -1.72. The van der Waals surface area contributed by atoms with Gasteiger partial charge in [0.1, 0.15) is 110 Å². The van der Waals surface area contributed by atoms with Gasteiger partial charge in [-0.15, -0.1) is 0 Å². The lowest BCUT2D eigenvalue weighted by atomic mass is 9.47. The molecular formula is C56H90O26. The van der Waals surface area contributed by atoms with Crippen molar-refractivity contribution in [2.24, 2.45) is 34.5 Å². The van der Waals surface area contributed by atoms with Crippen LogP contribution < -0.4 is 0 Å². The monoisotopic (exact) mass is 1180 g/mol. The van der Waals surface area contributed by atoms with E-state index in [2.05, 4.69) is 26.8 Å². The molecule has 82 heavy (non-hydrogen) atoms. The zero-order valence-electron chi connectivity index (χ0n) is 47.2. The molecule has 0 aromatic carbocycles. The Balaban J connectivity index is 0.788. The van der Waals surface area contributed by atoms with Crippen molar-refractivity contribution in [3.8, 4) is 0 Å². The highest BCUT2D eigenvalue weighted by Crippen LogP contribution is 2.69. The van der Waals surface area contributed by atoms with Gasteiger partial charge in [-0.3, -0.25) is 0 Å². The highest BCUT2D eigenvalue weighted by Gasteiger charge is 2.64. The number of aliphatic hydroxyl groups excluding tert-OH is 15. The molecule has 26 heteroatoms. The average Bonchev–Trinajstić information content (AvgIpc) is 4.15. The van der Waals surface area contributed by atoms with Crippen LogP contribution in [0.25, 0.3) is 0 Å². The fraction of sp³-hybridized carbons (Fsp3) is 0.929. The quantitative estimate of drug-likeness (QED) is 0.0668. The maximum atomic E-state index is 12.3. The Morgan fingerprint density at radius 3 is 1.77 bits per heavy atom. The summed E-state index contributed by atoms with van der Waals surface area (Å²) in [6, 6.07) is 0. The molecule has 0 unspecified atom stereocenters. The van der Waals surface area contributed by atoms with Gasteiger partial charge in [0.15, 0.2) is 31.5 Å². The molecule has 0 amide bonds. The molecule has 26 nitrogen and oxygen atoms in total. The van der Waals surface area contributed by atoms with Crippen LogP contribution in [0, 0.1) is 34.5 Å². The summed E-state index contributed by atoms with van der Waals surface area (Å²) < 4.78 is 66.4. The van der Waals surface area contributed by atoms with Crippen LogP contribution in [-0.4, -0.2) is 268 Å². The molecule has 4 aliphatic carbocycles. The Bertz CT molecular complexity index is 2230. The van der Waals surface area contributed by atoms with Crippen molar-refractivity contribution < 1.29 is 129 Å². The highest BCUT2D eigenvalue weighted by molar-refractivity contribution is 5.30. The second-order valence-corrected chi connectivity index (χ2v) is 25.6. The molecule has 6 heterocycles. The molecule has 6 aliphatic heterocycles. The predicted molar refractivity (Wildman–Crippen MR) is 275 cm³/mol. The largest absolute Gasteiger partial charge is 0.494 e. The van der Waals surface area contributed by atoms with Crippen molar-refractivity contribution in [3.63, 3.8) is 0 Å². The minimum atomic E-state index is -1.88. The van der Waals surface area contributed by atoms with Gasteiger partial charge < -0.3 is 129 Å². The summed E-state index contributed by atoms with van der Waals surface area (Å²) in [4.78, 5) is 0. The van der Waals surface area contributed by atoms with Crippen LogP contribution in [0.3, 0.4) is 0 Å². The molecule has 10 aliphatic rings. The summed E-state index contributed by atoms with van der Waals surface area (Å²) in [5, 5.41) is 160. The van der Waals surface area contributed by atoms with Crippen molar-refractivity contribution in [2.45, 2.75) is 271 Å². The number of allylic oxidation sites excluding steroid dienone is 2. The third-order valence-electron chi connectivity index (χ3n) is 20.7. The molecule has 470 valence electrons. The lowest BCUT2D eigenvalue weighted by Crippen LogP contribution is -2.67. The van der Waals surface area contributed by atoms with Gasteiger partial charge in [0.05, 0.1) is 56.1 Å². The van der Waals surface area contributed by atoms with Crippen LogP contribution in [0.4, 0.5) is 0 Å². The van der Waals surface area contributed by atoms with Crippen molar-refractivity contribution in [2.75, 3.05) is 19.8 Å². The van der Waals surface area contributed by atoms with E-state index in [1.54, 1.807) is 0 Å². The molecule has 5 saturated heterocycles. The van der Waals surface area contributed by atoms with Crippen LogP contribution in [0.1, 0.15) is 99.3 Å². The molecule has 10 rings (SSSR count). The Kier molecular flexibility index (Phi) is 19.3. The van der Waals surface area contributed by atoms with Gasteiger partial charge in [0.25, 0.3) is 0 Å². The molecule has 34 atom stereocenters. The zero-order chi connectivity index (χ0) is 59.2. The first-order chi connectivity index (χ1) is 38.8. The van der Waals surface area contributed by atoms with Crippen LogP contribution in [-0.2, 0) is 52.1 Å². The van der Waals surface area contributed by atoms with E-state index in [4.69, 9.17) is 52.1 Å². The predicted octanol–water partition coefficient (Wildman–Crippen LogP) is -3.45. The van der Waals surface area contributed by atoms with Crippen molar-refractivity contribution in [1.29, 1.82) is 0 Å². The summed E-state index contributed by atoms with van der Waals surface area (Å²) in [6.07, 6.45) is -30.2. The molecule has 0 aromatic heterocycles. The Morgan fingerprint density at radius 2 is 1.13 bits per heavy atom. The smallest absolute Gasteiger partial charge is 0.187 e. The van der Waals surface area contributed by atoms with E-state index in [1.165, 1.54) is 31.9 Å². The number of rotatable bonds is 16. The lowest BCUT2D eigenvalue weighted by molar-refractivity contribution is -0.394. The molecular weight excluding hydrogens is 1090 g/mol. The van der Waals surface area contributed by atoms with E-state index in [-0.39, 0.29) is 29.5 Å². The number of ether oxygens (including phenoxy) is 11. The fourth-order valence-corrected chi connectivity index (χ4v) is 15.8. The third kappa shape index (κ3) is 11.5. The van der Waals surface area contributed by atoms with E-state index >= 15 is 0 Å². The van der Waals surface area contributed by atoms with Gasteiger partial charge in [-0.05, 0) is 113 Å². The van der Waals surface area contributed by atoms with Gasteiger partial charge in [0.2, 0.25) is 0 Å². The molecule has 0 bridgehead atoms. The maximum absolute atomic E-state index is 12.3. The number of hydrogen-bond donors (Lipinski definition) is 15. The first kappa shape index (κ1) is 63.3. The van der Waals surface area contributed by atoms with Crippen molar-refractivity contribution in [1.82, 2.24) is 0 Å². The summed E-state index contributed by atoms with van der Waals surface area (Å²) >= 11 is 0. The number of fused-ring (bicyclic) bond motifs is 7. The van der Waals surface area contributed by atoms with Gasteiger partial charge in [-0.25, -0.2) is 0 Å². The minimum Gasteiger partial charge on any atom is -0.494 e. The molecule has 0 spiro atoms. The van der Waals surface area contributed by atoms with Crippen LogP contribution in [0.2, 0.25) is 0 Å². The normalized spacial score (nSPS) is 53.6. The summed E-state index contributed by atoms with van der Waals surface area (Å²) in [5.74, 6) is 2.24. The third-order valence-corrected chi connectivity index (χ3v) is 20.7. The van der Waals surface area contributed by atoms with Crippen molar-refractivity contribution >= 4 is 0 Å². The molecule has 8 fully saturated rings. The minimum absolute atomic E-state index is 0.00312. The van der Waals surface area contributed by atoms with Gasteiger partial charge in [-0.2, -0.15) is 0 Å². The first-order valence-corrected chi connectivity index (χ1v) is 29.4. The Morgan fingerprint density at radius 1 is 0.573 bits per heavy atom. The van der Waals surface area contributed by atoms with E-state index in [0.29, 0.717) is 43.4 Å². The first-order valence-electron chi connectivity index (χ1n) is 29.4. The van der Waals surface area contributed by atoms with Gasteiger partial charge in [0, 0.05) is 12.3 Å². The van der Waals surface area contributed by atoms with Crippen LogP contribution in [0.15, 0.2) is 23.0 Å². The second-order valence-electron chi connectivity index (χ2n) is 25.6. The molecule has 15 N–H and O–H groups in total. The van der Waals surface area contributed by atoms with E-state index in [0.717, 1.165) is 37.9 Å². The lowest BCUT2D eigenvalue weighted by Gasteiger charge is -2.58. The zero-order valence-corrected chi connectivity index (χ0v) is 47.2. The topological polar surface area (TPSA) is 405 Å². The van der Waals surface area contributed by atoms with Crippen molar-refractivity contribution in [3.05, 3.63) is 23.0 Å². The van der Waals surface area contributed by atoms with Gasteiger partial charge in [-0.1, -0.05) is 25.5 Å². The van der Waals surface area contributed by atoms with E-state index in [9.17, 15) is 76.6 Å². The van der Waals surface area contributed by atoms with E-state index in [1.807, 2.05) is 0 Å². The average molecular weight is 1180 g/mol.